The van der Waals surface area contributed by atoms with Gasteiger partial charge in [0.15, 0.2) is 18.2 Å². The predicted molar refractivity (Wildman–Crippen MR) is 68.2 cm³/mol. The van der Waals surface area contributed by atoms with Gasteiger partial charge in [0, 0.05) is 11.6 Å². The third-order valence-corrected chi connectivity index (χ3v) is 3.63. The van der Waals surface area contributed by atoms with Crippen molar-refractivity contribution in [3.05, 3.63) is 41.8 Å². The fourth-order valence-corrected chi connectivity index (χ4v) is 2.66. The molecule has 1 aliphatic rings. The molecular weight excluding hydrogens is 269 g/mol. The van der Waals surface area contributed by atoms with Gasteiger partial charge in [0.2, 0.25) is 11.7 Å². The van der Waals surface area contributed by atoms with E-state index in [-0.39, 0.29) is 18.4 Å². The molecule has 1 atom stereocenters. The normalized spacial score (nSPS) is 18.7. The molecule has 1 aromatic heterocycles. The summed E-state index contributed by atoms with van der Waals surface area (Å²) in [6.45, 7) is 0.0876. The van der Waals surface area contributed by atoms with Gasteiger partial charge in [-0.25, -0.2) is 4.39 Å². The van der Waals surface area contributed by atoms with Crippen LogP contribution in [0.3, 0.4) is 0 Å². The van der Waals surface area contributed by atoms with Crippen LogP contribution in [0.25, 0.3) is 0 Å². The Balaban J connectivity index is 1.63. The van der Waals surface area contributed by atoms with Crippen LogP contribution in [0.2, 0.25) is 0 Å². The van der Waals surface area contributed by atoms with E-state index in [1.807, 2.05) is 0 Å². The van der Waals surface area contributed by atoms with Gasteiger partial charge in [-0.3, -0.25) is 5.32 Å². The van der Waals surface area contributed by atoms with E-state index in [1.165, 1.54) is 6.07 Å². The van der Waals surface area contributed by atoms with E-state index in [4.69, 9.17) is 9.26 Å². The monoisotopic (exact) mass is 281 g/mol. The molecule has 0 spiro atoms. The first kappa shape index (κ1) is 12.4. The number of rotatable bonds is 4. The lowest BCUT2D eigenvalue weighted by molar-refractivity contribution is 0.271. The summed E-state index contributed by atoms with van der Waals surface area (Å²) in [7, 11) is 0. The van der Waals surface area contributed by atoms with Crippen LogP contribution in [-0.4, -0.2) is 21.8 Å². The van der Waals surface area contributed by atoms with Crippen LogP contribution in [-0.2, 0) is 6.61 Å². The summed E-state index contributed by atoms with van der Waals surface area (Å²) in [5.74, 6) is 2.54. The topological polar surface area (TPSA) is 60.2 Å². The van der Waals surface area contributed by atoms with E-state index in [0.29, 0.717) is 11.7 Å². The van der Waals surface area contributed by atoms with Gasteiger partial charge < -0.3 is 9.26 Å². The van der Waals surface area contributed by atoms with Gasteiger partial charge in [-0.05, 0) is 12.1 Å². The molecule has 2 aromatic rings. The maximum Gasteiger partial charge on any atom is 0.244 e. The maximum atomic E-state index is 13.3. The first-order valence-corrected chi connectivity index (χ1v) is 6.99. The Morgan fingerprint density at radius 2 is 2.37 bits per heavy atom. The van der Waals surface area contributed by atoms with Gasteiger partial charge in [0.1, 0.15) is 0 Å². The molecule has 3 rings (SSSR count). The highest BCUT2D eigenvalue weighted by atomic mass is 32.2. The van der Waals surface area contributed by atoms with E-state index in [1.54, 1.807) is 30.0 Å². The van der Waals surface area contributed by atoms with Crippen molar-refractivity contribution in [3.8, 4) is 5.75 Å². The van der Waals surface area contributed by atoms with Gasteiger partial charge in [-0.1, -0.05) is 17.3 Å². The Bertz CT molecular complexity index is 557. The third kappa shape index (κ3) is 2.87. The smallest absolute Gasteiger partial charge is 0.244 e. The molecule has 1 aliphatic heterocycles. The summed E-state index contributed by atoms with van der Waals surface area (Å²) in [5.41, 5.74) is 0. The van der Waals surface area contributed by atoms with Crippen molar-refractivity contribution in [2.45, 2.75) is 12.6 Å². The van der Waals surface area contributed by atoms with Gasteiger partial charge in [0.05, 0.1) is 6.04 Å². The number of halogens is 1. The highest BCUT2D eigenvalue weighted by Gasteiger charge is 2.22. The first-order chi connectivity index (χ1) is 9.33. The first-order valence-electron chi connectivity index (χ1n) is 5.84. The van der Waals surface area contributed by atoms with Gasteiger partial charge in [-0.15, -0.1) is 11.8 Å². The summed E-state index contributed by atoms with van der Waals surface area (Å²) < 4.78 is 23.8. The minimum absolute atomic E-state index is 0.0876. The summed E-state index contributed by atoms with van der Waals surface area (Å²) in [6, 6.07) is 6.32. The van der Waals surface area contributed by atoms with Crippen molar-refractivity contribution in [3.63, 3.8) is 0 Å². The van der Waals surface area contributed by atoms with Crippen LogP contribution >= 0.6 is 11.8 Å². The number of nitrogens with zero attached hydrogens (tertiary/aromatic N) is 2. The summed E-state index contributed by atoms with van der Waals surface area (Å²) in [5, 5.41) is 7.06. The highest BCUT2D eigenvalue weighted by Crippen LogP contribution is 2.23. The zero-order valence-corrected chi connectivity index (χ0v) is 10.8. The molecule has 7 heteroatoms. The van der Waals surface area contributed by atoms with Crippen LogP contribution in [0.4, 0.5) is 4.39 Å². The zero-order chi connectivity index (χ0) is 13.1. The van der Waals surface area contributed by atoms with Gasteiger partial charge in [0.25, 0.3) is 0 Å². The van der Waals surface area contributed by atoms with Crippen LogP contribution in [0.1, 0.15) is 17.8 Å². The lowest BCUT2D eigenvalue weighted by atomic mass is 10.3. The molecule has 0 radical (unpaired) electrons. The molecule has 5 nitrogen and oxygen atoms in total. The molecule has 1 aromatic carbocycles. The molecule has 100 valence electrons. The van der Waals surface area contributed by atoms with Gasteiger partial charge in [-0.2, -0.15) is 4.98 Å². The van der Waals surface area contributed by atoms with Crippen LogP contribution in [0.15, 0.2) is 28.8 Å². The molecule has 2 heterocycles. The van der Waals surface area contributed by atoms with E-state index in [0.717, 1.165) is 11.6 Å². The summed E-state index contributed by atoms with van der Waals surface area (Å²) in [4.78, 5) is 4.24. The molecule has 1 unspecified atom stereocenters. The fourth-order valence-electron chi connectivity index (χ4n) is 1.73. The molecular formula is C12H12FN3O2S. The average molecular weight is 281 g/mol. The van der Waals surface area contributed by atoms with Crippen molar-refractivity contribution >= 4 is 11.8 Å². The molecule has 0 bridgehead atoms. The lowest BCUT2D eigenvalue weighted by Crippen LogP contribution is -2.14. The minimum Gasteiger partial charge on any atom is -0.482 e. The molecule has 1 N–H and O–H groups in total. The van der Waals surface area contributed by atoms with Crippen LogP contribution in [0, 0.1) is 5.82 Å². The highest BCUT2D eigenvalue weighted by molar-refractivity contribution is 7.99. The number of nitrogens with one attached hydrogen (secondary N) is 1. The second-order valence-electron chi connectivity index (χ2n) is 4.04. The second-order valence-corrected chi connectivity index (χ2v) is 5.07. The van der Waals surface area contributed by atoms with Crippen molar-refractivity contribution in [1.82, 2.24) is 15.5 Å². The predicted octanol–water partition coefficient (Wildman–Crippen LogP) is 2.12. The standard InChI is InChI=1S/C12H12FN3O2S/c13-8-3-1-2-4-10(8)17-5-11-15-12(18-16-11)9-6-19-7-14-9/h1-4,9,14H,5-7H2. The number of ether oxygens (including phenoxy) is 1. The molecule has 0 aliphatic carbocycles. The molecule has 0 amide bonds. The van der Waals surface area contributed by atoms with Gasteiger partial charge >= 0.3 is 0 Å². The third-order valence-electron chi connectivity index (χ3n) is 2.69. The number of para-hydroxylation sites is 1. The number of hydrogen-bond acceptors (Lipinski definition) is 6. The zero-order valence-electron chi connectivity index (χ0n) is 10.0. The maximum absolute atomic E-state index is 13.3. The molecule has 19 heavy (non-hydrogen) atoms. The molecule has 1 saturated heterocycles. The fraction of sp³-hybridized carbons (Fsp3) is 0.333. The number of aromatic nitrogens is 2. The minimum atomic E-state index is -0.403. The van der Waals surface area contributed by atoms with Crippen molar-refractivity contribution in [1.29, 1.82) is 0 Å². The Hall–Kier alpha value is -1.60. The van der Waals surface area contributed by atoms with Crippen molar-refractivity contribution in [2.75, 3.05) is 11.6 Å². The second kappa shape index (κ2) is 5.58. The molecule has 1 fully saturated rings. The average Bonchev–Trinajstić information content (AvgIpc) is 3.09. The van der Waals surface area contributed by atoms with Crippen LogP contribution < -0.4 is 10.1 Å². The largest absolute Gasteiger partial charge is 0.482 e. The van der Waals surface area contributed by atoms with Crippen molar-refractivity contribution in [2.24, 2.45) is 0 Å². The lowest BCUT2D eigenvalue weighted by Gasteiger charge is -2.03. The number of hydrogen-bond donors (Lipinski definition) is 1. The summed E-state index contributed by atoms with van der Waals surface area (Å²) in [6.07, 6.45) is 0. The van der Waals surface area contributed by atoms with Crippen molar-refractivity contribution < 1.29 is 13.7 Å². The van der Waals surface area contributed by atoms with E-state index >= 15 is 0 Å². The Kier molecular flexibility index (Phi) is 3.65. The number of thioether (sulfide) groups is 1. The Morgan fingerprint density at radius 1 is 1.47 bits per heavy atom. The Labute approximate surface area is 113 Å². The van der Waals surface area contributed by atoms with E-state index in [9.17, 15) is 4.39 Å². The van der Waals surface area contributed by atoms with Crippen LogP contribution in [0.5, 0.6) is 5.75 Å². The van der Waals surface area contributed by atoms with E-state index in [2.05, 4.69) is 15.5 Å². The quantitative estimate of drug-likeness (QED) is 0.926. The summed E-state index contributed by atoms with van der Waals surface area (Å²) >= 11 is 1.78. The SMILES string of the molecule is Fc1ccccc1OCc1noc(C2CSCN2)n1. The molecule has 0 saturated carbocycles. The number of benzene rings is 1. The van der Waals surface area contributed by atoms with E-state index < -0.39 is 5.82 Å². The Morgan fingerprint density at radius 3 is 3.16 bits per heavy atom.